The molecule has 8 heteroatoms. The van der Waals surface area contributed by atoms with E-state index in [0.29, 0.717) is 25.4 Å². The molecular formula is C21H26N2O4S2. The van der Waals surface area contributed by atoms with E-state index in [9.17, 15) is 13.2 Å². The van der Waals surface area contributed by atoms with E-state index in [2.05, 4.69) is 5.32 Å². The van der Waals surface area contributed by atoms with Crippen molar-refractivity contribution < 1.29 is 17.9 Å². The fraction of sp³-hybridized carbons (Fsp3) is 0.381. The number of carbonyl (C=O) groups is 1. The maximum atomic E-state index is 12.8. The summed E-state index contributed by atoms with van der Waals surface area (Å²) in [5, 5.41) is 2.79. The molecular weight excluding hydrogens is 408 g/mol. The summed E-state index contributed by atoms with van der Waals surface area (Å²) in [7, 11) is -3.52. The lowest BCUT2D eigenvalue weighted by molar-refractivity contribution is -0.113. The van der Waals surface area contributed by atoms with Crippen molar-refractivity contribution in [3.8, 4) is 5.75 Å². The first-order valence-corrected chi connectivity index (χ1v) is 12.2. The molecule has 0 atom stereocenters. The van der Waals surface area contributed by atoms with Crippen LogP contribution in [0.15, 0.2) is 58.3 Å². The highest BCUT2D eigenvalue weighted by Crippen LogP contribution is 2.24. The van der Waals surface area contributed by atoms with Crippen LogP contribution >= 0.6 is 11.8 Å². The summed E-state index contributed by atoms with van der Waals surface area (Å²) in [5.74, 6) is 0.848. The molecule has 1 amide bonds. The minimum Gasteiger partial charge on any atom is -0.494 e. The van der Waals surface area contributed by atoms with Crippen LogP contribution in [0.4, 0.5) is 5.69 Å². The van der Waals surface area contributed by atoms with Gasteiger partial charge in [-0.2, -0.15) is 4.31 Å². The minimum atomic E-state index is -3.52. The molecule has 1 N–H and O–H groups in total. The summed E-state index contributed by atoms with van der Waals surface area (Å²) >= 11 is 1.41. The Labute approximate surface area is 176 Å². The molecule has 1 aliphatic rings. The lowest BCUT2D eigenvalue weighted by Crippen LogP contribution is -2.35. The van der Waals surface area contributed by atoms with Crippen LogP contribution in [0.2, 0.25) is 0 Å². The van der Waals surface area contributed by atoms with Crippen LogP contribution in [0, 0.1) is 0 Å². The molecule has 1 aliphatic heterocycles. The summed E-state index contributed by atoms with van der Waals surface area (Å²) in [4.78, 5) is 13.5. The van der Waals surface area contributed by atoms with Crippen molar-refractivity contribution >= 4 is 33.4 Å². The van der Waals surface area contributed by atoms with E-state index in [-0.39, 0.29) is 16.6 Å². The Morgan fingerprint density at radius 3 is 2.52 bits per heavy atom. The summed E-state index contributed by atoms with van der Waals surface area (Å²) in [5.41, 5.74) is 0.486. The smallest absolute Gasteiger partial charge is 0.243 e. The van der Waals surface area contributed by atoms with Gasteiger partial charge >= 0.3 is 0 Å². The summed E-state index contributed by atoms with van der Waals surface area (Å²) in [6, 6.07) is 14.0. The molecule has 1 saturated heterocycles. The highest BCUT2D eigenvalue weighted by atomic mass is 32.2. The lowest BCUT2D eigenvalue weighted by atomic mass is 10.2. The number of nitrogens with one attached hydrogen (secondary N) is 1. The Balaban J connectivity index is 1.58. The van der Waals surface area contributed by atoms with Crippen molar-refractivity contribution in [3.63, 3.8) is 0 Å². The van der Waals surface area contributed by atoms with Gasteiger partial charge in [-0.25, -0.2) is 8.42 Å². The molecule has 6 nitrogen and oxygen atoms in total. The maximum absolute atomic E-state index is 12.8. The Hall–Kier alpha value is -2.03. The molecule has 0 spiro atoms. The van der Waals surface area contributed by atoms with Gasteiger partial charge in [0.05, 0.1) is 17.3 Å². The molecule has 0 saturated carbocycles. The summed E-state index contributed by atoms with van der Waals surface area (Å²) in [6.07, 6.45) is 2.84. The second-order valence-electron chi connectivity index (χ2n) is 6.73. The van der Waals surface area contributed by atoms with Crippen molar-refractivity contribution in [2.75, 3.05) is 30.8 Å². The highest BCUT2D eigenvalue weighted by Gasteiger charge is 2.26. The number of carbonyl (C=O) groups excluding carboxylic acids is 1. The average molecular weight is 435 g/mol. The molecule has 0 bridgehead atoms. The highest BCUT2D eigenvalue weighted by molar-refractivity contribution is 8.00. The van der Waals surface area contributed by atoms with Gasteiger partial charge in [0.1, 0.15) is 5.75 Å². The van der Waals surface area contributed by atoms with Gasteiger partial charge in [-0.05, 0) is 62.2 Å². The van der Waals surface area contributed by atoms with Gasteiger partial charge < -0.3 is 10.1 Å². The first-order chi connectivity index (χ1) is 14.0. The maximum Gasteiger partial charge on any atom is 0.243 e. The monoisotopic (exact) mass is 434 g/mol. The third-order valence-corrected chi connectivity index (χ3v) is 7.48. The van der Waals surface area contributed by atoms with Gasteiger partial charge in [0.2, 0.25) is 15.9 Å². The van der Waals surface area contributed by atoms with Gasteiger partial charge in [0.15, 0.2) is 0 Å². The molecule has 156 valence electrons. The molecule has 0 aliphatic carbocycles. The zero-order valence-corrected chi connectivity index (χ0v) is 18.1. The fourth-order valence-corrected chi connectivity index (χ4v) is 5.40. The number of thioether (sulfide) groups is 1. The molecule has 1 fully saturated rings. The van der Waals surface area contributed by atoms with Crippen molar-refractivity contribution in [1.29, 1.82) is 0 Å². The van der Waals surface area contributed by atoms with E-state index >= 15 is 0 Å². The average Bonchev–Trinajstić information content (AvgIpc) is 2.74. The predicted molar refractivity (Wildman–Crippen MR) is 116 cm³/mol. The van der Waals surface area contributed by atoms with Crippen molar-refractivity contribution in [1.82, 2.24) is 4.31 Å². The number of piperidine rings is 1. The van der Waals surface area contributed by atoms with Crippen LogP contribution in [0.25, 0.3) is 0 Å². The third kappa shape index (κ3) is 5.98. The van der Waals surface area contributed by atoms with E-state index in [0.717, 1.165) is 29.9 Å². The Morgan fingerprint density at radius 2 is 1.83 bits per heavy atom. The lowest BCUT2D eigenvalue weighted by Gasteiger charge is -2.26. The topological polar surface area (TPSA) is 75.7 Å². The normalized spacial score (nSPS) is 15.1. The number of amides is 1. The largest absolute Gasteiger partial charge is 0.494 e. The zero-order valence-electron chi connectivity index (χ0n) is 16.5. The van der Waals surface area contributed by atoms with Gasteiger partial charge in [0.25, 0.3) is 0 Å². The molecule has 3 rings (SSSR count). The Morgan fingerprint density at radius 1 is 1.10 bits per heavy atom. The number of nitrogens with zero attached hydrogens (tertiary/aromatic N) is 1. The van der Waals surface area contributed by atoms with Gasteiger partial charge in [-0.15, -0.1) is 11.8 Å². The Bertz CT molecular complexity index is 924. The van der Waals surface area contributed by atoms with Crippen LogP contribution in [-0.2, 0) is 14.8 Å². The first kappa shape index (κ1) is 21.7. The van der Waals surface area contributed by atoms with E-state index in [1.807, 2.05) is 31.2 Å². The SMILES string of the molecule is CCOc1ccc(SCC(=O)Nc2cccc(S(=O)(=O)N3CCCCC3)c2)cc1. The van der Waals surface area contributed by atoms with Crippen molar-refractivity contribution in [3.05, 3.63) is 48.5 Å². The Kier molecular flexibility index (Phi) is 7.57. The quantitative estimate of drug-likeness (QED) is 0.636. The van der Waals surface area contributed by atoms with E-state index < -0.39 is 10.0 Å². The van der Waals surface area contributed by atoms with E-state index in [1.165, 1.54) is 22.1 Å². The number of hydrogen-bond acceptors (Lipinski definition) is 5. The summed E-state index contributed by atoms with van der Waals surface area (Å²) in [6.45, 7) is 3.65. The molecule has 0 unspecified atom stereocenters. The van der Waals surface area contributed by atoms with Crippen LogP contribution < -0.4 is 10.1 Å². The fourth-order valence-electron chi connectivity index (χ4n) is 3.13. The van der Waals surface area contributed by atoms with Gasteiger partial charge in [0, 0.05) is 23.7 Å². The van der Waals surface area contributed by atoms with Crippen molar-refractivity contribution in [2.45, 2.75) is 36.0 Å². The number of rotatable bonds is 8. The standard InChI is InChI=1S/C21H26N2O4S2/c1-2-27-18-9-11-19(12-10-18)28-16-21(24)22-17-7-6-8-20(15-17)29(25,26)23-13-4-3-5-14-23/h6-12,15H,2-5,13-14,16H2,1H3,(H,22,24). The van der Waals surface area contributed by atoms with E-state index in [1.54, 1.807) is 18.2 Å². The number of sulfonamides is 1. The third-order valence-electron chi connectivity index (χ3n) is 4.58. The molecule has 2 aromatic rings. The number of anilines is 1. The number of ether oxygens (including phenoxy) is 1. The predicted octanol–water partition coefficient (Wildman–Crippen LogP) is 3.99. The van der Waals surface area contributed by atoms with Crippen LogP contribution in [0.5, 0.6) is 5.75 Å². The van der Waals surface area contributed by atoms with Gasteiger partial charge in [-0.1, -0.05) is 12.5 Å². The molecule has 2 aromatic carbocycles. The molecule has 0 radical (unpaired) electrons. The van der Waals surface area contributed by atoms with Gasteiger partial charge in [-0.3, -0.25) is 4.79 Å². The van der Waals surface area contributed by atoms with Crippen molar-refractivity contribution in [2.24, 2.45) is 0 Å². The zero-order chi connectivity index (χ0) is 20.7. The van der Waals surface area contributed by atoms with E-state index in [4.69, 9.17) is 4.74 Å². The number of hydrogen-bond donors (Lipinski definition) is 1. The van der Waals surface area contributed by atoms with Crippen LogP contribution in [-0.4, -0.2) is 44.1 Å². The minimum absolute atomic E-state index is 0.184. The first-order valence-electron chi connectivity index (χ1n) is 9.75. The molecule has 0 aromatic heterocycles. The second-order valence-corrected chi connectivity index (χ2v) is 9.72. The summed E-state index contributed by atoms with van der Waals surface area (Å²) < 4.78 is 32.6. The van der Waals surface area contributed by atoms with Crippen LogP contribution in [0.1, 0.15) is 26.2 Å². The molecule has 29 heavy (non-hydrogen) atoms. The second kappa shape index (κ2) is 10.1. The van der Waals surface area contributed by atoms with Crippen LogP contribution in [0.3, 0.4) is 0 Å². The molecule has 1 heterocycles. The number of benzene rings is 2.